The second kappa shape index (κ2) is 6.57. The second-order valence-electron chi connectivity index (χ2n) is 5.11. The van der Waals surface area contributed by atoms with Crippen LogP contribution in [0.2, 0.25) is 0 Å². The van der Waals surface area contributed by atoms with Crippen molar-refractivity contribution in [3.05, 3.63) is 29.8 Å². The molecule has 0 unspecified atom stereocenters. The molecule has 19 heavy (non-hydrogen) atoms. The van der Waals surface area contributed by atoms with E-state index < -0.39 is 5.60 Å². The van der Waals surface area contributed by atoms with Crippen LogP contribution in [0, 0.1) is 0 Å². The fourth-order valence-electron chi connectivity index (χ4n) is 1.78. The van der Waals surface area contributed by atoms with Crippen molar-refractivity contribution >= 4 is 5.91 Å². The van der Waals surface area contributed by atoms with Crippen molar-refractivity contribution in [1.29, 1.82) is 0 Å². The molecule has 0 saturated heterocycles. The van der Waals surface area contributed by atoms with E-state index in [0.717, 1.165) is 17.7 Å². The van der Waals surface area contributed by atoms with Gasteiger partial charge in [-0.25, -0.2) is 0 Å². The molecule has 4 nitrogen and oxygen atoms in total. The lowest BCUT2D eigenvalue weighted by molar-refractivity contribution is -0.146. The number of hydrogen-bond acceptors (Lipinski definition) is 3. The molecule has 0 saturated carbocycles. The van der Waals surface area contributed by atoms with E-state index in [1.165, 1.54) is 13.8 Å². The fourth-order valence-corrected chi connectivity index (χ4v) is 1.78. The number of amides is 1. The van der Waals surface area contributed by atoms with Gasteiger partial charge in [0, 0.05) is 13.6 Å². The van der Waals surface area contributed by atoms with E-state index in [4.69, 9.17) is 4.74 Å². The number of rotatable bonds is 6. The summed E-state index contributed by atoms with van der Waals surface area (Å²) in [4.78, 5) is 13.3. The van der Waals surface area contributed by atoms with Gasteiger partial charge in [-0.1, -0.05) is 12.1 Å². The van der Waals surface area contributed by atoms with Crippen LogP contribution >= 0.6 is 0 Å². The third-order valence-corrected chi connectivity index (χ3v) is 2.84. The number of carbonyl (C=O) groups is 1. The van der Waals surface area contributed by atoms with E-state index in [0.29, 0.717) is 13.2 Å². The van der Waals surface area contributed by atoms with E-state index in [1.807, 2.05) is 31.2 Å². The summed E-state index contributed by atoms with van der Waals surface area (Å²) in [5.41, 5.74) is -0.174. The van der Waals surface area contributed by atoms with Gasteiger partial charge >= 0.3 is 0 Å². The van der Waals surface area contributed by atoms with Crippen molar-refractivity contribution in [2.75, 3.05) is 20.2 Å². The summed E-state index contributed by atoms with van der Waals surface area (Å²) in [6, 6.07) is 7.84. The molecule has 1 amide bonds. The molecular weight excluding hydrogens is 242 g/mol. The molecule has 0 atom stereocenters. The maximum atomic E-state index is 11.8. The highest BCUT2D eigenvalue weighted by Crippen LogP contribution is 2.13. The quantitative estimate of drug-likeness (QED) is 0.854. The molecule has 0 fully saturated rings. The minimum Gasteiger partial charge on any atom is -0.494 e. The average Bonchev–Trinajstić information content (AvgIpc) is 2.36. The first-order valence-corrected chi connectivity index (χ1v) is 6.54. The van der Waals surface area contributed by atoms with Crippen LogP contribution in [-0.2, 0) is 11.2 Å². The van der Waals surface area contributed by atoms with E-state index in [9.17, 15) is 9.90 Å². The van der Waals surface area contributed by atoms with Crippen molar-refractivity contribution in [2.45, 2.75) is 32.8 Å². The SMILES string of the molecule is CCOc1ccc(CCN(C)C(=O)C(C)(C)O)cc1. The molecule has 0 aliphatic heterocycles. The Morgan fingerprint density at radius 1 is 1.32 bits per heavy atom. The molecular formula is C15H23NO3. The zero-order chi connectivity index (χ0) is 14.5. The Morgan fingerprint density at radius 2 is 1.89 bits per heavy atom. The Bertz CT molecular complexity index is 406. The van der Waals surface area contributed by atoms with E-state index in [1.54, 1.807) is 11.9 Å². The summed E-state index contributed by atoms with van der Waals surface area (Å²) in [5.74, 6) is 0.589. The molecule has 0 aromatic heterocycles. The van der Waals surface area contributed by atoms with Gasteiger partial charge < -0.3 is 14.7 Å². The Morgan fingerprint density at radius 3 is 2.37 bits per heavy atom. The highest BCUT2D eigenvalue weighted by atomic mass is 16.5. The topological polar surface area (TPSA) is 49.8 Å². The first-order chi connectivity index (χ1) is 8.84. The molecule has 4 heteroatoms. The Labute approximate surface area is 115 Å². The molecule has 0 bridgehead atoms. The van der Waals surface area contributed by atoms with Crippen LogP contribution in [0.15, 0.2) is 24.3 Å². The van der Waals surface area contributed by atoms with Gasteiger partial charge in [-0.2, -0.15) is 0 Å². The third kappa shape index (κ3) is 4.91. The van der Waals surface area contributed by atoms with Gasteiger partial charge in [0.1, 0.15) is 11.4 Å². The second-order valence-corrected chi connectivity index (χ2v) is 5.11. The lowest BCUT2D eigenvalue weighted by Gasteiger charge is -2.24. The third-order valence-electron chi connectivity index (χ3n) is 2.84. The number of ether oxygens (including phenoxy) is 1. The van der Waals surface area contributed by atoms with Gasteiger partial charge in [-0.3, -0.25) is 4.79 Å². The van der Waals surface area contributed by atoms with Crippen LogP contribution in [0.1, 0.15) is 26.3 Å². The summed E-state index contributed by atoms with van der Waals surface area (Å²) in [5, 5.41) is 9.64. The summed E-state index contributed by atoms with van der Waals surface area (Å²) < 4.78 is 5.37. The number of aliphatic hydroxyl groups is 1. The van der Waals surface area contributed by atoms with Gasteiger partial charge in [0.2, 0.25) is 0 Å². The molecule has 0 spiro atoms. The Hall–Kier alpha value is -1.55. The molecule has 0 aliphatic carbocycles. The van der Waals surface area contributed by atoms with Gasteiger partial charge in [0.15, 0.2) is 0 Å². The van der Waals surface area contributed by atoms with Gasteiger partial charge in [-0.15, -0.1) is 0 Å². The van der Waals surface area contributed by atoms with Crippen molar-refractivity contribution in [3.8, 4) is 5.75 Å². The van der Waals surface area contributed by atoms with Crippen LogP contribution in [0.4, 0.5) is 0 Å². The monoisotopic (exact) mass is 265 g/mol. The van der Waals surface area contributed by atoms with Gasteiger partial charge in [0.25, 0.3) is 5.91 Å². The van der Waals surface area contributed by atoms with Crippen molar-refractivity contribution in [1.82, 2.24) is 4.90 Å². The average molecular weight is 265 g/mol. The molecule has 0 aliphatic rings. The van der Waals surface area contributed by atoms with Crippen molar-refractivity contribution in [2.24, 2.45) is 0 Å². The summed E-state index contributed by atoms with van der Waals surface area (Å²) >= 11 is 0. The number of nitrogens with zero attached hydrogens (tertiary/aromatic N) is 1. The van der Waals surface area contributed by atoms with Gasteiger partial charge in [0.05, 0.1) is 6.61 Å². The first kappa shape index (κ1) is 15.5. The Kier molecular flexibility index (Phi) is 5.36. The molecule has 1 N–H and O–H groups in total. The highest BCUT2D eigenvalue weighted by Gasteiger charge is 2.26. The van der Waals surface area contributed by atoms with Crippen molar-refractivity contribution in [3.63, 3.8) is 0 Å². The van der Waals surface area contributed by atoms with Gasteiger partial charge in [-0.05, 0) is 44.9 Å². The lowest BCUT2D eigenvalue weighted by atomic mass is 10.1. The standard InChI is InChI=1S/C15H23NO3/c1-5-19-13-8-6-12(7-9-13)10-11-16(4)14(17)15(2,3)18/h6-9,18H,5,10-11H2,1-4H3. The number of hydrogen-bond donors (Lipinski definition) is 1. The highest BCUT2D eigenvalue weighted by molar-refractivity contribution is 5.83. The predicted octanol–water partition coefficient (Wildman–Crippen LogP) is 1.86. The maximum absolute atomic E-state index is 11.8. The molecule has 1 rings (SSSR count). The predicted molar refractivity (Wildman–Crippen MR) is 75.2 cm³/mol. The number of benzene rings is 1. The summed E-state index contributed by atoms with van der Waals surface area (Å²) in [7, 11) is 1.70. The number of likely N-dealkylation sites (N-methyl/N-ethyl adjacent to an activating group) is 1. The number of carbonyl (C=O) groups excluding carboxylic acids is 1. The van der Waals surface area contributed by atoms with Crippen molar-refractivity contribution < 1.29 is 14.6 Å². The zero-order valence-electron chi connectivity index (χ0n) is 12.1. The summed E-state index contributed by atoms with van der Waals surface area (Å²) in [6.45, 7) is 6.19. The van der Waals surface area contributed by atoms with E-state index in [-0.39, 0.29) is 5.91 Å². The minimum absolute atomic E-state index is 0.265. The fraction of sp³-hybridized carbons (Fsp3) is 0.533. The van der Waals surface area contributed by atoms with E-state index >= 15 is 0 Å². The lowest BCUT2D eigenvalue weighted by Crippen LogP contribution is -2.43. The van der Waals surface area contributed by atoms with E-state index in [2.05, 4.69) is 0 Å². The van der Waals surface area contributed by atoms with Crippen LogP contribution in [-0.4, -0.2) is 41.7 Å². The van der Waals surface area contributed by atoms with Crippen LogP contribution in [0.3, 0.4) is 0 Å². The van der Waals surface area contributed by atoms with Crippen LogP contribution in [0.25, 0.3) is 0 Å². The maximum Gasteiger partial charge on any atom is 0.253 e. The molecule has 106 valence electrons. The molecule has 0 heterocycles. The summed E-state index contributed by atoms with van der Waals surface area (Å²) in [6.07, 6.45) is 0.755. The smallest absolute Gasteiger partial charge is 0.253 e. The first-order valence-electron chi connectivity index (χ1n) is 6.54. The molecule has 1 aromatic rings. The van der Waals surface area contributed by atoms with Crippen LogP contribution < -0.4 is 4.74 Å². The Balaban J connectivity index is 2.50. The normalized spacial score (nSPS) is 11.2. The zero-order valence-corrected chi connectivity index (χ0v) is 12.1. The molecule has 1 aromatic carbocycles. The minimum atomic E-state index is -1.31. The largest absolute Gasteiger partial charge is 0.494 e. The molecule has 0 radical (unpaired) electrons. The van der Waals surface area contributed by atoms with Crippen LogP contribution in [0.5, 0.6) is 5.75 Å².